The van der Waals surface area contributed by atoms with E-state index in [0.717, 1.165) is 34.7 Å². The van der Waals surface area contributed by atoms with Crippen molar-refractivity contribution < 1.29 is 27.9 Å². The lowest BCUT2D eigenvalue weighted by Gasteiger charge is -2.27. The number of halogens is 3. The van der Waals surface area contributed by atoms with Crippen molar-refractivity contribution in [3.05, 3.63) is 10.6 Å². The van der Waals surface area contributed by atoms with E-state index in [1.807, 2.05) is 0 Å². The van der Waals surface area contributed by atoms with Crippen LogP contribution in [0.4, 0.5) is 23.1 Å². The number of aryl methyl sites for hydroxylation is 1. The molecule has 144 valence electrons. The Hall–Kier alpha value is -1.84. The van der Waals surface area contributed by atoms with E-state index in [4.69, 9.17) is 5.11 Å². The second kappa shape index (κ2) is 6.40. The molecule has 2 atom stereocenters. The number of urea groups is 1. The zero-order valence-electron chi connectivity index (χ0n) is 14.4. The standard InChI is InChI=1S/C16H20F3N3O3S/c1-15(2)5-3-4-10-11(15)20-13(26-10)21-14(25)22-6-8(12(23)24)9(7-22)16(17,18)19/h8-9H,3-7H2,1-2H3,(H,23,24)(H,20,21,25)/t8-,9-/m1/s1. The van der Waals surface area contributed by atoms with Crippen molar-refractivity contribution in [2.24, 2.45) is 11.8 Å². The average Bonchev–Trinajstić information content (AvgIpc) is 3.10. The number of carbonyl (C=O) groups excluding carboxylic acids is 1. The number of aliphatic carboxylic acids is 1. The Morgan fingerprint density at radius 3 is 2.58 bits per heavy atom. The van der Waals surface area contributed by atoms with Crippen LogP contribution in [-0.4, -0.2) is 46.3 Å². The van der Waals surface area contributed by atoms with Crippen molar-refractivity contribution in [3.63, 3.8) is 0 Å². The van der Waals surface area contributed by atoms with E-state index in [2.05, 4.69) is 24.1 Å². The molecular weight excluding hydrogens is 371 g/mol. The number of carbonyl (C=O) groups is 2. The van der Waals surface area contributed by atoms with Gasteiger partial charge in [0, 0.05) is 23.4 Å². The number of thiazole rings is 1. The molecule has 0 bridgehead atoms. The molecule has 1 aromatic rings. The molecule has 3 rings (SSSR count). The molecule has 2 amide bonds. The number of likely N-dealkylation sites (tertiary alicyclic amines) is 1. The highest BCUT2D eigenvalue weighted by molar-refractivity contribution is 7.15. The number of hydrogen-bond donors (Lipinski definition) is 2. The fraction of sp³-hybridized carbons (Fsp3) is 0.688. The molecule has 2 N–H and O–H groups in total. The first-order valence-corrected chi connectivity index (χ1v) is 9.16. The predicted molar refractivity (Wildman–Crippen MR) is 89.3 cm³/mol. The molecule has 0 radical (unpaired) electrons. The van der Waals surface area contributed by atoms with Gasteiger partial charge in [-0.05, 0) is 19.3 Å². The second-order valence-electron chi connectivity index (χ2n) is 7.46. The molecule has 6 nitrogen and oxygen atoms in total. The number of rotatable bonds is 2. The first-order valence-electron chi connectivity index (χ1n) is 8.34. The summed E-state index contributed by atoms with van der Waals surface area (Å²) < 4.78 is 39.1. The summed E-state index contributed by atoms with van der Waals surface area (Å²) in [6, 6.07) is -0.744. The lowest BCUT2D eigenvalue weighted by Crippen LogP contribution is -2.35. The van der Waals surface area contributed by atoms with Gasteiger partial charge in [-0.2, -0.15) is 13.2 Å². The Kier molecular flexibility index (Phi) is 4.66. The van der Waals surface area contributed by atoms with Gasteiger partial charge in [-0.25, -0.2) is 9.78 Å². The lowest BCUT2D eigenvalue weighted by molar-refractivity contribution is -0.187. The van der Waals surface area contributed by atoms with Crippen LogP contribution in [0.15, 0.2) is 0 Å². The fourth-order valence-electron chi connectivity index (χ4n) is 3.63. The highest BCUT2D eigenvalue weighted by Crippen LogP contribution is 2.41. The van der Waals surface area contributed by atoms with E-state index in [1.54, 1.807) is 0 Å². The minimum Gasteiger partial charge on any atom is -0.481 e. The maximum atomic E-state index is 13.0. The van der Waals surface area contributed by atoms with Crippen LogP contribution in [0.25, 0.3) is 0 Å². The van der Waals surface area contributed by atoms with Crippen LogP contribution in [0.5, 0.6) is 0 Å². The summed E-state index contributed by atoms with van der Waals surface area (Å²) in [7, 11) is 0. The van der Waals surface area contributed by atoms with Crippen LogP contribution < -0.4 is 5.32 Å². The van der Waals surface area contributed by atoms with E-state index in [9.17, 15) is 22.8 Å². The Bertz CT molecular complexity index is 732. The summed E-state index contributed by atoms with van der Waals surface area (Å²) in [6.07, 6.45) is -1.79. The number of fused-ring (bicyclic) bond motifs is 1. The Morgan fingerprint density at radius 2 is 2.04 bits per heavy atom. The molecule has 0 unspecified atom stereocenters. The summed E-state index contributed by atoms with van der Waals surface area (Å²) in [6.45, 7) is 3.01. The molecule has 0 aromatic carbocycles. The molecule has 1 saturated heterocycles. The van der Waals surface area contributed by atoms with Gasteiger partial charge in [-0.1, -0.05) is 13.8 Å². The van der Waals surface area contributed by atoms with Crippen molar-refractivity contribution in [2.75, 3.05) is 18.4 Å². The number of carboxylic acid groups (broad SMARTS) is 1. The Balaban J connectivity index is 1.73. The lowest BCUT2D eigenvalue weighted by atomic mass is 9.79. The number of aromatic nitrogens is 1. The van der Waals surface area contributed by atoms with Crippen LogP contribution in [0.3, 0.4) is 0 Å². The number of carboxylic acids is 1. The largest absolute Gasteiger partial charge is 0.481 e. The molecule has 0 saturated carbocycles. The molecule has 1 fully saturated rings. The minimum atomic E-state index is -4.66. The SMILES string of the molecule is CC1(C)CCCc2sc(NC(=O)N3C[C@@H](C(F)(F)F)[C@H](C(=O)O)C3)nc21. The highest BCUT2D eigenvalue weighted by atomic mass is 32.1. The normalized spacial score (nSPS) is 25.0. The van der Waals surface area contributed by atoms with Crippen LogP contribution in [-0.2, 0) is 16.6 Å². The van der Waals surface area contributed by atoms with Crippen LogP contribution in [0, 0.1) is 11.8 Å². The van der Waals surface area contributed by atoms with E-state index < -0.39 is 43.1 Å². The Morgan fingerprint density at radius 1 is 1.35 bits per heavy atom. The van der Waals surface area contributed by atoms with Gasteiger partial charge < -0.3 is 10.0 Å². The van der Waals surface area contributed by atoms with E-state index >= 15 is 0 Å². The number of nitrogens with one attached hydrogen (secondary N) is 1. The molecule has 2 heterocycles. The summed E-state index contributed by atoms with van der Waals surface area (Å²) in [5, 5.41) is 11.9. The number of alkyl halides is 3. The summed E-state index contributed by atoms with van der Waals surface area (Å²) in [4.78, 5) is 29.9. The van der Waals surface area contributed by atoms with Gasteiger partial charge >= 0.3 is 18.2 Å². The third kappa shape index (κ3) is 3.51. The second-order valence-corrected chi connectivity index (χ2v) is 8.54. The topological polar surface area (TPSA) is 82.5 Å². The zero-order chi connectivity index (χ0) is 19.3. The van der Waals surface area contributed by atoms with Gasteiger partial charge in [0.1, 0.15) is 0 Å². The first-order chi connectivity index (χ1) is 12.0. The molecule has 1 aliphatic heterocycles. The van der Waals surface area contributed by atoms with E-state index in [1.165, 1.54) is 11.3 Å². The van der Waals surface area contributed by atoms with Crippen LogP contribution >= 0.6 is 11.3 Å². The molecule has 2 aliphatic rings. The number of anilines is 1. The average molecular weight is 391 g/mol. The number of nitrogens with zero attached hydrogens (tertiary/aromatic N) is 2. The van der Waals surface area contributed by atoms with Crippen molar-refractivity contribution in [1.29, 1.82) is 0 Å². The van der Waals surface area contributed by atoms with E-state index in [0.29, 0.717) is 5.13 Å². The maximum absolute atomic E-state index is 13.0. The van der Waals surface area contributed by atoms with Gasteiger partial charge in [0.25, 0.3) is 0 Å². The summed E-state index contributed by atoms with van der Waals surface area (Å²) in [5.74, 6) is -5.26. The van der Waals surface area contributed by atoms with Crippen molar-refractivity contribution in [3.8, 4) is 0 Å². The van der Waals surface area contributed by atoms with Gasteiger partial charge in [0.05, 0.1) is 17.5 Å². The van der Waals surface area contributed by atoms with Gasteiger partial charge in [0.2, 0.25) is 0 Å². The third-order valence-electron chi connectivity index (χ3n) is 5.10. The Labute approximate surface area is 152 Å². The predicted octanol–water partition coefficient (Wildman–Crippen LogP) is 3.48. The number of amides is 2. The zero-order valence-corrected chi connectivity index (χ0v) is 15.2. The van der Waals surface area contributed by atoms with Crippen molar-refractivity contribution in [1.82, 2.24) is 9.88 Å². The molecular formula is C16H20F3N3O3S. The first kappa shape index (κ1) is 18.9. The van der Waals surface area contributed by atoms with E-state index in [-0.39, 0.29) is 5.41 Å². The number of hydrogen-bond acceptors (Lipinski definition) is 4. The molecule has 10 heteroatoms. The van der Waals surface area contributed by atoms with Crippen molar-refractivity contribution >= 4 is 28.5 Å². The minimum absolute atomic E-state index is 0.101. The highest BCUT2D eigenvalue weighted by Gasteiger charge is 2.53. The van der Waals surface area contributed by atoms with Gasteiger partial charge in [-0.15, -0.1) is 11.3 Å². The van der Waals surface area contributed by atoms with Crippen LogP contribution in [0.2, 0.25) is 0 Å². The summed E-state index contributed by atoms with van der Waals surface area (Å²) >= 11 is 1.33. The van der Waals surface area contributed by atoms with Crippen LogP contribution in [0.1, 0.15) is 37.3 Å². The fourth-order valence-corrected chi connectivity index (χ4v) is 4.81. The molecule has 1 aliphatic carbocycles. The monoisotopic (exact) mass is 391 g/mol. The summed E-state index contributed by atoms with van der Waals surface area (Å²) in [5.41, 5.74) is 0.818. The maximum Gasteiger partial charge on any atom is 0.394 e. The molecule has 1 aromatic heterocycles. The smallest absolute Gasteiger partial charge is 0.394 e. The molecule has 0 spiro atoms. The quantitative estimate of drug-likeness (QED) is 0.809. The third-order valence-corrected chi connectivity index (χ3v) is 6.13. The van der Waals surface area contributed by atoms with Gasteiger partial charge in [-0.3, -0.25) is 10.1 Å². The molecule has 26 heavy (non-hydrogen) atoms. The van der Waals surface area contributed by atoms with Gasteiger partial charge in [0.15, 0.2) is 5.13 Å². The van der Waals surface area contributed by atoms with Crippen molar-refractivity contribution in [2.45, 2.75) is 44.7 Å².